The highest BCUT2D eigenvalue weighted by Crippen LogP contribution is 2.37. The Labute approximate surface area is 255 Å². The molecular formula is C28H23Br2F3N4O3S. The normalized spacial score (nSPS) is 11.5. The van der Waals surface area contributed by atoms with Crippen LogP contribution in [0.2, 0.25) is 0 Å². The Morgan fingerprint density at radius 2 is 1.88 bits per heavy atom. The number of ether oxygens (including phenoxy) is 2. The van der Waals surface area contributed by atoms with Gasteiger partial charge < -0.3 is 14.8 Å². The monoisotopic (exact) mass is 710 g/mol. The van der Waals surface area contributed by atoms with Gasteiger partial charge in [0.2, 0.25) is 5.91 Å². The topological polar surface area (TPSA) is 84.8 Å². The quantitative estimate of drug-likeness (QED) is 0.121. The van der Waals surface area contributed by atoms with Crippen molar-refractivity contribution in [2.45, 2.75) is 26.1 Å². The first-order chi connectivity index (χ1) is 19.6. The molecule has 0 fully saturated rings. The van der Waals surface area contributed by atoms with Crippen molar-refractivity contribution >= 4 is 66.1 Å². The lowest BCUT2D eigenvalue weighted by atomic mass is 10.2. The fourth-order valence-corrected chi connectivity index (χ4v) is 5.10. The number of carbonyl (C=O) groups excluding carboxylic acids is 1. The van der Waals surface area contributed by atoms with E-state index in [1.165, 1.54) is 29.7 Å². The first-order valence-electron chi connectivity index (χ1n) is 12.1. The van der Waals surface area contributed by atoms with Crippen LogP contribution in [0.4, 0.5) is 24.0 Å². The second kappa shape index (κ2) is 14.0. The number of hydrogen-bond donors (Lipinski definition) is 2. The lowest BCUT2D eigenvalue weighted by molar-refractivity contribution is -0.137. The standard InChI is InChI=1S/C28H23Br2F3N4O3S/c1-2-39-24-11-18(10-23(30)26(24)40-15-17-6-8-20(29)9-7-17)14-34-37-25(38)13-22-16-41-27(36-22)35-21-5-3-4-19(12-21)28(31,32)33/h3-12,14,16H,2,13,15H2,1H3,(H,35,36)(H,37,38)/b34-14-. The highest BCUT2D eigenvalue weighted by atomic mass is 79.9. The van der Waals surface area contributed by atoms with Gasteiger partial charge in [-0.25, -0.2) is 10.4 Å². The van der Waals surface area contributed by atoms with Gasteiger partial charge in [-0.3, -0.25) is 4.79 Å². The molecule has 1 heterocycles. The molecule has 0 aliphatic rings. The van der Waals surface area contributed by atoms with Crippen molar-refractivity contribution in [3.8, 4) is 11.5 Å². The Balaban J connectivity index is 1.34. The molecule has 0 spiro atoms. The molecule has 214 valence electrons. The third kappa shape index (κ3) is 9.03. The van der Waals surface area contributed by atoms with Gasteiger partial charge in [0.05, 0.1) is 35.0 Å². The lowest BCUT2D eigenvalue weighted by Crippen LogP contribution is -2.20. The van der Waals surface area contributed by atoms with Gasteiger partial charge in [-0.05, 0) is 76.4 Å². The number of hydrogen-bond acceptors (Lipinski definition) is 7. The molecule has 3 aromatic carbocycles. The summed E-state index contributed by atoms with van der Waals surface area (Å²) in [5.41, 5.74) is 4.05. The number of alkyl halides is 3. The molecule has 0 atom stereocenters. The third-order valence-corrected chi connectivity index (χ3v) is 7.29. The molecule has 0 saturated carbocycles. The molecule has 4 aromatic rings. The van der Waals surface area contributed by atoms with E-state index in [2.05, 4.69) is 52.7 Å². The highest BCUT2D eigenvalue weighted by molar-refractivity contribution is 9.10. The van der Waals surface area contributed by atoms with Crippen LogP contribution in [0.25, 0.3) is 0 Å². The minimum absolute atomic E-state index is 0.0607. The predicted octanol–water partition coefficient (Wildman–Crippen LogP) is 8.10. The number of aromatic nitrogens is 1. The zero-order valence-corrected chi connectivity index (χ0v) is 25.5. The number of anilines is 2. The third-order valence-electron chi connectivity index (χ3n) is 5.37. The lowest BCUT2D eigenvalue weighted by Gasteiger charge is -2.14. The van der Waals surface area contributed by atoms with Gasteiger partial charge in [0.15, 0.2) is 16.6 Å². The molecular weight excluding hydrogens is 689 g/mol. The maximum atomic E-state index is 12.9. The molecule has 0 aliphatic carbocycles. The van der Waals surface area contributed by atoms with Crippen molar-refractivity contribution in [1.29, 1.82) is 0 Å². The first kappa shape index (κ1) is 30.5. The van der Waals surface area contributed by atoms with Crippen molar-refractivity contribution in [3.05, 3.63) is 97.4 Å². The second-order valence-corrected chi connectivity index (χ2v) is 11.1. The number of nitrogens with zero attached hydrogens (tertiary/aromatic N) is 2. The fraction of sp³-hybridized carbons (Fsp3) is 0.179. The van der Waals surface area contributed by atoms with Crippen molar-refractivity contribution in [2.24, 2.45) is 5.10 Å². The van der Waals surface area contributed by atoms with Gasteiger partial charge in [-0.2, -0.15) is 18.3 Å². The second-order valence-electron chi connectivity index (χ2n) is 8.50. The Hall–Kier alpha value is -3.42. The van der Waals surface area contributed by atoms with E-state index in [4.69, 9.17) is 9.47 Å². The van der Waals surface area contributed by atoms with Gasteiger partial charge in [-0.15, -0.1) is 11.3 Å². The number of amides is 1. The molecule has 4 rings (SSSR count). The van der Waals surface area contributed by atoms with E-state index in [1.54, 1.807) is 17.5 Å². The largest absolute Gasteiger partial charge is 0.490 e. The predicted molar refractivity (Wildman–Crippen MR) is 160 cm³/mol. The first-order valence-corrected chi connectivity index (χ1v) is 14.6. The molecule has 1 amide bonds. The fourth-order valence-electron chi connectivity index (χ4n) is 3.53. The zero-order chi connectivity index (χ0) is 29.4. The van der Waals surface area contributed by atoms with E-state index in [0.717, 1.165) is 22.2 Å². The molecule has 13 heteroatoms. The maximum absolute atomic E-state index is 12.9. The van der Waals surface area contributed by atoms with Gasteiger partial charge in [0.1, 0.15) is 6.61 Å². The summed E-state index contributed by atoms with van der Waals surface area (Å²) in [6.45, 7) is 2.65. The Bertz CT molecular complexity index is 1530. The summed E-state index contributed by atoms with van der Waals surface area (Å²) in [4.78, 5) is 16.7. The van der Waals surface area contributed by atoms with E-state index in [-0.39, 0.29) is 12.1 Å². The van der Waals surface area contributed by atoms with Crippen molar-refractivity contribution in [2.75, 3.05) is 11.9 Å². The zero-order valence-electron chi connectivity index (χ0n) is 21.5. The van der Waals surface area contributed by atoms with Crippen molar-refractivity contribution < 1.29 is 27.4 Å². The molecule has 0 aliphatic heterocycles. The summed E-state index contributed by atoms with van der Waals surface area (Å²) >= 11 is 8.12. The van der Waals surface area contributed by atoms with Crippen LogP contribution in [-0.2, 0) is 24.0 Å². The summed E-state index contributed by atoms with van der Waals surface area (Å²) in [6, 6.07) is 16.2. The van der Waals surface area contributed by atoms with Gasteiger partial charge in [0.25, 0.3) is 0 Å². The number of thiazole rings is 1. The smallest absolute Gasteiger partial charge is 0.416 e. The van der Waals surface area contributed by atoms with Gasteiger partial charge >= 0.3 is 6.18 Å². The number of hydrazone groups is 1. The summed E-state index contributed by atoms with van der Waals surface area (Å²) in [5.74, 6) is 0.666. The number of carbonyl (C=O) groups is 1. The average Bonchev–Trinajstić information content (AvgIpc) is 3.35. The SMILES string of the molecule is CCOc1cc(/C=N\NC(=O)Cc2csc(Nc3cccc(C(F)(F)F)c3)n2)cc(Br)c1OCc1ccc(Br)cc1. The number of halogens is 5. The van der Waals surface area contributed by atoms with E-state index in [1.807, 2.05) is 31.2 Å². The Morgan fingerprint density at radius 1 is 1.10 bits per heavy atom. The van der Waals surface area contributed by atoms with Crippen LogP contribution in [0.5, 0.6) is 11.5 Å². The van der Waals surface area contributed by atoms with Crippen LogP contribution in [0.15, 0.2) is 80.1 Å². The summed E-state index contributed by atoms with van der Waals surface area (Å²) < 4.78 is 52.2. The van der Waals surface area contributed by atoms with Crippen LogP contribution in [0, 0.1) is 0 Å². The molecule has 0 bridgehead atoms. The van der Waals surface area contributed by atoms with E-state index < -0.39 is 17.6 Å². The number of benzene rings is 3. The molecule has 0 saturated heterocycles. The van der Waals surface area contributed by atoms with E-state index >= 15 is 0 Å². The van der Waals surface area contributed by atoms with Gasteiger partial charge in [0, 0.05) is 15.5 Å². The summed E-state index contributed by atoms with van der Waals surface area (Å²) in [5, 5.41) is 8.88. The van der Waals surface area contributed by atoms with Crippen LogP contribution < -0.4 is 20.2 Å². The molecule has 1 aromatic heterocycles. The van der Waals surface area contributed by atoms with Gasteiger partial charge in [-0.1, -0.05) is 34.1 Å². The van der Waals surface area contributed by atoms with Crippen LogP contribution in [-0.4, -0.2) is 23.7 Å². The molecule has 41 heavy (non-hydrogen) atoms. The molecule has 0 radical (unpaired) electrons. The Morgan fingerprint density at radius 3 is 2.61 bits per heavy atom. The molecule has 2 N–H and O–H groups in total. The molecule has 0 unspecified atom stereocenters. The van der Waals surface area contributed by atoms with E-state index in [9.17, 15) is 18.0 Å². The maximum Gasteiger partial charge on any atom is 0.416 e. The minimum atomic E-state index is -4.44. The average molecular weight is 712 g/mol. The van der Waals surface area contributed by atoms with Crippen molar-refractivity contribution in [3.63, 3.8) is 0 Å². The van der Waals surface area contributed by atoms with Crippen LogP contribution in [0.3, 0.4) is 0 Å². The van der Waals surface area contributed by atoms with E-state index in [0.29, 0.717) is 45.6 Å². The number of nitrogens with one attached hydrogen (secondary N) is 2. The van der Waals surface area contributed by atoms with Crippen LogP contribution in [0.1, 0.15) is 29.3 Å². The molecule has 7 nitrogen and oxygen atoms in total. The Kier molecular flexibility index (Phi) is 10.4. The summed E-state index contributed by atoms with van der Waals surface area (Å²) in [7, 11) is 0. The highest BCUT2D eigenvalue weighted by Gasteiger charge is 2.30. The number of rotatable bonds is 11. The van der Waals surface area contributed by atoms with Crippen molar-refractivity contribution in [1.82, 2.24) is 10.4 Å². The van der Waals surface area contributed by atoms with Crippen LogP contribution >= 0.6 is 43.2 Å². The minimum Gasteiger partial charge on any atom is -0.490 e. The summed E-state index contributed by atoms with van der Waals surface area (Å²) in [6.07, 6.45) is -3.03.